The molecule has 21 heavy (non-hydrogen) atoms. The van der Waals surface area contributed by atoms with Crippen LogP contribution in [0.4, 0.5) is 5.69 Å². The lowest BCUT2D eigenvalue weighted by molar-refractivity contribution is 0.178. The Balaban J connectivity index is 1.68. The van der Waals surface area contributed by atoms with Gasteiger partial charge in [0, 0.05) is 6.04 Å². The predicted octanol–water partition coefficient (Wildman–Crippen LogP) is 3.29. The van der Waals surface area contributed by atoms with Gasteiger partial charge in [0.2, 0.25) is 0 Å². The number of aromatic nitrogens is 4. The van der Waals surface area contributed by atoms with Crippen LogP contribution in [0.2, 0.25) is 0 Å². The molecule has 2 heterocycles. The average molecular weight is 285 g/mol. The fourth-order valence-electron chi connectivity index (χ4n) is 3.63. The van der Waals surface area contributed by atoms with E-state index in [2.05, 4.69) is 47.2 Å². The standard InChI is InChI=1S/C16H23N5/c1-12-6-14(8-16(2,3)7-12)20-13-4-5-15(18-9-13)21-11-17-10-19-21/h4-5,9-12,14,20H,6-8H2,1-3H3. The molecule has 5 heteroatoms. The smallest absolute Gasteiger partial charge is 0.155 e. The molecule has 0 spiro atoms. The molecule has 0 aromatic carbocycles. The summed E-state index contributed by atoms with van der Waals surface area (Å²) >= 11 is 0. The van der Waals surface area contributed by atoms with Gasteiger partial charge < -0.3 is 5.32 Å². The highest BCUT2D eigenvalue weighted by atomic mass is 15.3. The molecule has 2 aromatic rings. The van der Waals surface area contributed by atoms with Crippen molar-refractivity contribution in [2.24, 2.45) is 11.3 Å². The Morgan fingerprint density at radius 2 is 2.14 bits per heavy atom. The van der Waals surface area contributed by atoms with Crippen molar-refractivity contribution in [2.45, 2.75) is 46.1 Å². The zero-order chi connectivity index (χ0) is 14.9. The summed E-state index contributed by atoms with van der Waals surface area (Å²) in [5, 5.41) is 7.72. The van der Waals surface area contributed by atoms with Crippen molar-refractivity contribution in [2.75, 3.05) is 5.32 Å². The lowest BCUT2D eigenvalue weighted by Crippen LogP contribution is -2.35. The Hall–Kier alpha value is -1.91. The molecule has 5 nitrogen and oxygen atoms in total. The molecule has 1 fully saturated rings. The molecule has 112 valence electrons. The summed E-state index contributed by atoms with van der Waals surface area (Å²) < 4.78 is 1.66. The van der Waals surface area contributed by atoms with Crippen LogP contribution >= 0.6 is 0 Å². The summed E-state index contributed by atoms with van der Waals surface area (Å²) in [6, 6.07) is 4.56. The van der Waals surface area contributed by atoms with Crippen LogP contribution in [0.15, 0.2) is 31.0 Å². The zero-order valence-corrected chi connectivity index (χ0v) is 13.0. The SMILES string of the molecule is CC1CC(Nc2ccc(-n3cncn3)nc2)CC(C)(C)C1. The quantitative estimate of drug-likeness (QED) is 0.940. The number of hydrogen-bond donors (Lipinski definition) is 1. The van der Waals surface area contributed by atoms with Crippen molar-refractivity contribution in [3.63, 3.8) is 0 Å². The van der Waals surface area contributed by atoms with E-state index in [0.29, 0.717) is 11.5 Å². The lowest BCUT2D eigenvalue weighted by Gasteiger charge is -2.39. The van der Waals surface area contributed by atoms with Crippen LogP contribution in [0.5, 0.6) is 0 Å². The maximum absolute atomic E-state index is 4.44. The van der Waals surface area contributed by atoms with Gasteiger partial charge in [-0.15, -0.1) is 0 Å². The van der Waals surface area contributed by atoms with Gasteiger partial charge in [0.25, 0.3) is 0 Å². The minimum atomic E-state index is 0.420. The molecule has 0 bridgehead atoms. The first-order valence-corrected chi connectivity index (χ1v) is 7.59. The summed E-state index contributed by atoms with van der Waals surface area (Å²) in [6.45, 7) is 7.08. The van der Waals surface area contributed by atoms with Crippen molar-refractivity contribution in [1.29, 1.82) is 0 Å². The summed E-state index contributed by atoms with van der Waals surface area (Å²) in [7, 11) is 0. The molecule has 1 saturated carbocycles. The minimum Gasteiger partial charge on any atom is -0.381 e. The van der Waals surface area contributed by atoms with Crippen LogP contribution in [0.25, 0.3) is 5.82 Å². The molecule has 1 aliphatic carbocycles. The summed E-state index contributed by atoms with van der Waals surface area (Å²) in [4.78, 5) is 8.38. The third kappa shape index (κ3) is 3.40. The predicted molar refractivity (Wildman–Crippen MR) is 83.4 cm³/mol. The maximum atomic E-state index is 4.44. The van der Waals surface area contributed by atoms with Crippen molar-refractivity contribution in [1.82, 2.24) is 19.7 Å². The number of rotatable bonds is 3. The van der Waals surface area contributed by atoms with Gasteiger partial charge in [-0.3, -0.25) is 0 Å². The normalized spacial score (nSPS) is 24.7. The third-order valence-electron chi connectivity index (χ3n) is 4.16. The van der Waals surface area contributed by atoms with E-state index in [4.69, 9.17) is 0 Å². The van der Waals surface area contributed by atoms with Gasteiger partial charge in [-0.05, 0) is 42.7 Å². The fraction of sp³-hybridized carbons (Fsp3) is 0.562. The van der Waals surface area contributed by atoms with Crippen LogP contribution < -0.4 is 5.32 Å². The molecular weight excluding hydrogens is 262 g/mol. The van der Waals surface area contributed by atoms with E-state index in [1.54, 1.807) is 11.0 Å². The molecule has 2 atom stereocenters. The van der Waals surface area contributed by atoms with E-state index in [1.165, 1.54) is 25.6 Å². The highest BCUT2D eigenvalue weighted by Gasteiger charge is 2.31. The summed E-state index contributed by atoms with van der Waals surface area (Å²) in [6.07, 6.45) is 8.80. The second-order valence-electron chi connectivity index (χ2n) is 7.00. The van der Waals surface area contributed by atoms with Crippen molar-refractivity contribution in [3.8, 4) is 5.82 Å². The molecule has 0 aliphatic heterocycles. The van der Waals surface area contributed by atoms with E-state index < -0.39 is 0 Å². The van der Waals surface area contributed by atoms with Gasteiger partial charge in [0.05, 0.1) is 11.9 Å². The van der Waals surface area contributed by atoms with Crippen molar-refractivity contribution >= 4 is 5.69 Å². The number of pyridine rings is 1. The molecule has 0 amide bonds. The fourth-order valence-corrected chi connectivity index (χ4v) is 3.63. The number of hydrogen-bond acceptors (Lipinski definition) is 4. The van der Waals surface area contributed by atoms with Crippen LogP contribution in [0.1, 0.15) is 40.0 Å². The van der Waals surface area contributed by atoms with E-state index in [0.717, 1.165) is 17.4 Å². The summed E-state index contributed by atoms with van der Waals surface area (Å²) in [5.41, 5.74) is 1.50. The third-order valence-corrected chi connectivity index (χ3v) is 4.16. The van der Waals surface area contributed by atoms with Crippen LogP contribution in [0, 0.1) is 11.3 Å². The molecule has 1 aliphatic rings. The number of anilines is 1. The zero-order valence-electron chi connectivity index (χ0n) is 13.0. The first kappa shape index (κ1) is 14.0. The Kier molecular flexibility index (Phi) is 3.66. The van der Waals surface area contributed by atoms with E-state index in [1.807, 2.05) is 12.3 Å². The molecule has 0 radical (unpaired) electrons. The molecule has 2 aromatic heterocycles. The number of nitrogens with zero attached hydrogens (tertiary/aromatic N) is 4. The average Bonchev–Trinajstić information content (AvgIpc) is 2.91. The van der Waals surface area contributed by atoms with E-state index >= 15 is 0 Å². The van der Waals surface area contributed by atoms with Crippen molar-refractivity contribution < 1.29 is 0 Å². The topological polar surface area (TPSA) is 55.6 Å². The minimum absolute atomic E-state index is 0.420. The maximum Gasteiger partial charge on any atom is 0.155 e. The van der Waals surface area contributed by atoms with Crippen LogP contribution in [-0.2, 0) is 0 Å². The van der Waals surface area contributed by atoms with Gasteiger partial charge in [0.1, 0.15) is 12.7 Å². The molecule has 0 saturated heterocycles. The molecule has 2 unspecified atom stereocenters. The Morgan fingerprint density at radius 3 is 2.76 bits per heavy atom. The van der Waals surface area contributed by atoms with Gasteiger partial charge in [-0.1, -0.05) is 20.8 Å². The number of nitrogens with one attached hydrogen (secondary N) is 1. The van der Waals surface area contributed by atoms with Crippen molar-refractivity contribution in [3.05, 3.63) is 31.0 Å². The highest BCUT2D eigenvalue weighted by Crippen LogP contribution is 2.39. The van der Waals surface area contributed by atoms with Gasteiger partial charge in [-0.2, -0.15) is 5.10 Å². The first-order valence-electron chi connectivity index (χ1n) is 7.59. The Bertz CT molecular complexity index is 573. The molecule has 3 rings (SSSR count). The Morgan fingerprint density at radius 1 is 1.29 bits per heavy atom. The van der Waals surface area contributed by atoms with Crippen LogP contribution in [0.3, 0.4) is 0 Å². The second kappa shape index (κ2) is 5.47. The first-order chi connectivity index (χ1) is 10.0. The second-order valence-corrected chi connectivity index (χ2v) is 7.00. The van der Waals surface area contributed by atoms with Gasteiger partial charge in [-0.25, -0.2) is 14.6 Å². The van der Waals surface area contributed by atoms with E-state index in [9.17, 15) is 0 Å². The monoisotopic (exact) mass is 285 g/mol. The lowest BCUT2D eigenvalue weighted by atomic mass is 9.70. The van der Waals surface area contributed by atoms with Crippen LogP contribution in [-0.4, -0.2) is 25.8 Å². The Labute approximate surface area is 125 Å². The largest absolute Gasteiger partial charge is 0.381 e. The highest BCUT2D eigenvalue weighted by molar-refractivity contribution is 5.44. The molecular formula is C16H23N5. The van der Waals surface area contributed by atoms with E-state index in [-0.39, 0.29) is 0 Å². The van der Waals surface area contributed by atoms with Gasteiger partial charge >= 0.3 is 0 Å². The van der Waals surface area contributed by atoms with Gasteiger partial charge in [0.15, 0.2) is 5.82 Å². The molecule has 1 N–H and O–H groups in total. The summed E-state index contributed by atoms with van der Waals surface area (Å²) in [5.74, 6) is 1.56.